The smallest absolute Gasteiger partial charge is 0.324 e. The van der Waals surface area contributed by atoms with Gasteiger partial charge in [0.05, 0.1) is 22.2 Å². The van der Waals surface area contributed by atoms with Gasteiger partial charge in [0.25, 0.3) is 10.0 Å². The molecule has 0 atom stereocenters. The monoisotopic (exact) mass is 364 g/mol. The summed E-state index contributed by atoms with van der Waals surface area (Å²) in [4.78, 5) is 11.1. The predicted molar refractivity (Wildman–Crippen MR) is 89.5 cm³/mol. The summed E-state index contributed by atoms with van der Waals surface area (Å²) in [7, 11) is -4.13. The first-order valence-electron chi connectivity index (χ1n) is 6.77. The number of carboxylic acids is 1. The van der Waals surface area contributed by atoms with Crippen LogP contribution in [-0.2, 0) is 14.8 Å². The van der Waals surface area contributed by atoms with Crippen molar-refractivity contribution in [2.45, 2.75) is 11.8 Å². The zero-order valence-corrected chi connectivity index (χ0v) is 14.2. The van der Waals surface area contributed by atoms with Gasteiger partial charge in [-0.3, -0.25) is 9.10 Å². The molecule has 0 saturated carbocycles. The van der Waals surface area contributed by atoms with Gasteiger partial charge in [0.2, 0.25) is 0 Å². The summed E-state index contributed by atoms with van der Waals surface area (Å²) in [6.45, 7) is 0.865. The minimum atomic E-state index is -4.13. The van der Waals surface area contributed by atoms with Crippen molar-refractivity contribution in [3.05, 3.63) is 58.6 Å². The number of nitriles is 1. The maximum atomic E-state index is 12.9. The van der Waals surface area contributed by atoms with Crippen LogP contribution in [0.5, 0.6) is 0 Å². The molecule has 2 aromatic carbocycles. The fraction of sp³-hybridized carbons (Fsp3) is 0.125. The number of sulfonamides is 1. The van der Waals surface area contributed by atoms with Gasteiger partial charge in [-0.05, 0) is 48.9 Å². The number of benzene rings is 2. The average molecular weight is 365 g/mol. The second kappa shape index (κ2) is 6.91. The van der Waals surface area contributed by atoms with E-state index in [1.54, 1.807) is 19.1 Å². The third kappa shape index (κ3) is 3.50. The highest BCUT2D eigenvalue weighted by atomic mass is 35.5. The van der Waals surface area contributed by atoms with Crippen molar-refractivity contribution >= 4 is 33.3 Å². The Hall–Kier alpha value is -2.56. The normalized spacial score (nSPS) is 10.9. The fourth-order valence-corrected chi connectivity index (χ4v) is 3.76. The summed E-state index contributed by atoms with van der Waals surface area (Å²) in [6.07, 6.45) is 0. The predicted octanol–water partition coefficient (Wildman–Crippen LogP) is 2.80. The van der Waals surface area contributed by atoms with Crippen LogP contribution in [0.3, 0.4) is 0 Å². The molecule has 0 spiro atoms. The molecule has 0 fully saturated rings. The van der Waals surface area contributed by atoms with E-state index in [0.717, 1.165) is 4.31 Å². The van der Waals surface area contributed by atoms with Gasteiger partial charge < -0.3 is 5.11 Å². The van der Waals surface area contributed by atoms with E-state index in [4.69, 9.17) is 22.0 Å². The van der Waals surface area contributed by atoms with Gasteiger partial charge in [-0.1, -0.05) is 17.7 Å². The molecule has 2 rings (SSSR count). The highest BCUT2D eigenvalue weighted by Gasteiger charge is 2.28. The maximum Gasteiger partial charge on any atom is 0.324 e. The molecular formula is C16H13ClN2O4S. The number of aliphatic carboxylic acids is 1. The van der Waals surface area contributed by atoms with Crippen LogP contribution in [0.15, 0.2) is 47.4 Å². The summed E-state index contributed by atoms with van der Waals surface area (Å²) in [5, 5.41) is 18.2. The van der Waals surface area contributed by atoms with E-state index in [1.165, 1.54) is 30.3 Å². The number of carbonyl (C=O) groups is 1. The molecule has 2 aromatic rings. The first kappa shape index (κ1) is 17.8. The van der Waals surface area contributed by atoms with E-state index in [1.807, 2.05) is 6.07 Å². The molecule has 0 aromatic heterocycles. The molecular weight excluding hydrogens is 352 g/mol. The molecule has 0 aliphatic heterocycles. The molecule has 0 saturated heterocycles. The molecule has 0 aliphatic carbocycles. The Morgan fingerprint density at radius 3 is 2.42 bits per heavy atom. The van der Waals surface area contributed by atoms with E-state index in [0.29, 0.717) is 16.1 Å². The van der Waals surface area contributed by atoms with Crippen LogP contribution in [0.2, 0.25) is 5.02 Å². The van der Waals surface area contributed by atoms with Crippen LogP contribution in [0, 0.1) is 18.3 Å². The number of hydrogen-bond donors (Lipinski definition) is 1. The molecule has 8 heteroatoms. The Labute approximate surface area is 144 Å². The molecule has 0 amide bonds. The summed E-state index contributed by atoms with van der Waals surface area (Å²) in [5.74, 6) is -1.30. The van der Waals surface area contributed by atoms with Crippen molar-refractivity contribution < 1.29 is 18.3 Å². The number of nitrogens with zero attached hydrogens (tertiary/aromatic N) is 2. The Kier molecular flexibility index (Phi) is 5.12. The zero-order chi connectivity index (χ0) is 17.9. The van der Waals surface area contributed by atoms with Crippen LogP contribution in [0.25, 0.3) is 0 Å². The quantitative estimate of drug-likeness (QED) is 0.879. The molecule has 0 unspecified atom stereocenters. The van der Waals surface area contributed by atoms with Crippen LogP contribution >= 0.6 is 11.6 Å². The Morgan fingerprint density at radius 2 is 1.88 bits per heavy atom. The SMILES string of the molecule is Cc1c(Cl)cccc1N(CC(=O)O)S(=O)(=O)c1ccc(C#N)cc1. The van der Waals surface area contributed by atoms with Gasteiger partial charge >= 0.3 is 5.97 Å². The number of halogens is 1. The summed E-state index contributed by atoms with van der Waals surface area (Å²) < 4.78 is 26.5. The largest absolute Gasteiger partial charge is 0.480 e. The number of hydrogen-bond acceptors (Lipinski definition) is 4. The Bertz CT molecular complexity index is 918. The zero-order valence-electron chi connectivity index (χ0n) is 12.6. The number of anilines is 1. The van der Waals surface area contributed by atoms with Gasteiger partial charge in [0, 0.05) is 5.02 Å². The van der Waals surface area contributed by atoms with Crippen molar-refractivity contribution in [3.63, 3.8) is 0 Å². The second-order valence-corrected chi connectivity index (χ2v) is 7.20. The summed E-state index contributed by atoms with van der Waals surface area (Å²) in [5.41, 5.74) is 0.949. The topological polar surface area (TPSA) is 98.5 Å². The van der Waals surface area contributed by atoms with E-state index in [9.17, 15) is 13.2 Å². The van der Waals surface area contributed by atoms with Crippen molar-refractivity contribution in [1.82, 2.24) is 0 Å². The Morgan fingerprint density at radius 1 is 1.25 bits per heavy atom. The van der Waals surface area contributed by atoms with Crippen LogP contribution in [0.4, 0.5) is 5.69 Å². The van der Waals surface area contributed by atoms with E-state index < -0.39 is 22.5 Å². The molecule has 24 heavy (non-hydrogen) atoms. The third-order valence-corrected chi connectivity index (χ3v) is 5.54. The molecule has 6 nitrogen and oxygen atoms in total. The molecule has 0 radical (unpaired) electrons. The number of rotatable bonds is 5. The minimum Gasteiger partial charge on any atom is -0.480 e. The van der Waals surface area contributed by atoms with Crippen molar-refractivity contribution in [2.75, 3.05) is 10.8 Å². The third-order valence-electron chi connectivity index (χ3n) is 3.36. The average Bonchev–Trinajstić information content (AvgIpc) is 2.55. The molecule has 1 N–H and O–H groups in total. The lowest BCUT2D eigenvalue weighted by Crippen LogP contribution is -2.36. The number of carboxylic acid groups (broad SMARTS) is 1. The second-order valence-electron chi connectivity index (χ2n) is 4.93. The summed E-state index contributed by atoms with van der Waals surface area (Å²) >= 11 is 6.03. The lowest BCUT2D eigenvalue weighted by molar-refractivity contribution is -0.135. The molecule has 0 aliphatic rings. The molecule has 124 valence electrons. The standard InChI is InChI=1S/C16H13ClN2O4S/c1-11-14(17)3-2-4-15(11)19(10-16(20)21)24(22,23)13-7-5-12(9-18)6-8-13/h2-8H,10H2,1H3,(H,20,21). The Balaban J connectivity index is 2.60. The van der Waals surface area contributed by atoms with Crippen LogP contribution in [-0.4, -0.2) is 26.0 Å². The van der Waals surface area contributed by atoms with E-state index >= 15 is 0 Å². The van der Waals surface area contributed by atoms with Crippen molar-refractivity contribution in [3.8, 4) is 6.07 Å². The van der Waals surface area contributed by atoms with E-state index in [-0.39, 0.29) is 10.6 Å². The van der Waals surface area contributed by atoms with Gasteiger partial charge in [-0.15, -0.1) is 0 Å². The van der Waals surface area contributed by atoms with Crippen LogP contribution < -0.4 is 4.31 Å². The summed E-state index contributed by atoms with van der Waals surface area (Å²) in [6, 6.07) is 11.8. The van der Waals surface area contributed by atoms with Gasteiger partial charge in [-0.2, -0.15) is 5.26 Å². The van der Waals surface area contributed by atoms with Crippen molar-refractivity contribution in [1.29, 1.82) is 5.26 Å². The van der Waals surface area contributed by atoms with Gasteiger partial charge in [-0.25, -0.2) is 8.42 Å². The first-order valence-corrected chi connectivity index (χ1v) is 8.59. The van der Waals surface area contributed by atoms with Gasteiger partial charge in [0.1, 0.15) is 6.54 Å². The highest BCUT2D eigenvalue weighted by molar-refractivity contribution is 7.92. The minimum absolute atomic E-state index is 0.109. The lowest BCUT2D eigenvalue weighted by atomic mass is 10.2. The molecule has 0 heterocycles. The van der Waals surface area contributed by atoms with E-state index in [2.05, 4.69) is 0 Å². The van der Waals surface area contributed by atoms with Gasteiger partial charge in [0.15, 0.2) is 0 Å². The maximum absolute atomic E-state index is 12.9. The first-order chi connectivity index (χ1) is 11.3. The highest BCUT2D eigenvalue weighted by Crippen LogP contribution is 2.30. The van der Waals surface area contributed by atoms with Crippen molar-refractivity contribution in [2.24, 2.45) is 0 Å². The fourth-order valence-electron chi connectivity index (χ4n) is 2.12. The molecule has 0 bridgehead atoms. The lowest BCUT2D eigenvalue weighted by Gasteiger charge is -2.24. The van der Waals surface area contributed by atoms with Crippen LogP contribution in [0.1, 0.15) is 11.1 Å².